The number of nitrogens with zero attached hydrogens (tertiary/aromatic N) is 2. The monoisotopic (exact) mass is 706 g/mol. The third-order valence-electron chi connectivity index (χ3n) is 15.2. The molecular weight excluding hydrogens is 665 g/mol. The van der Waals surface area contributed by atoms with Crippen molar-refractivity contribution in [3.8, 4) is 44.8 Å². The quantitative estimate of drug-likeness (QED) is 0.167. The molecule has 0 saturated heterocycles. The standard InChI is InChI=1S/C53H42N2/c1-52(2)43-19-11-10-18-41(43)46-45(52)23-21-38-42-29-33(20-22-44(42)53(47(38)46)34-25-30-24-31(27-34)28-35(53)26-30)49-48(32-12-4-3-5-13-32)54-50-39-16-8-6-14-36(39)37-15-7-9-17-40(37)51(50)55-49/h3-23,29-31,34-35H,24-28H2,1-2H3. The Labute approximate surface area is 322 Å². The fraction of sp³-hybridized carbons (Fsp3) is 0.245. The largest absolute Gasteiger partial charge is 0.243 e. The van der Waals surface area contributed by atoms with Gasteiger partial charge in [-0.25, -0.2) is 9.97 Å². The molecule has 0 aliphatic heterocycles. The molecule has 0 N–H and O–H groups in total. The summed E-state index contributed by atoms with van der Waals surface area (Å²) in [5.41, 5.74) is 18.3. The van der Waals surface area contributed by atoms with Crippen molar-refractivity contribution in [2.45, 2.75) is 56.8 Å². The Morgan fingerprint density at radius 2 is 1.02 bits per heavy atom. The van der Waals surface area contributed by atoms with Gasteiger partial charge in [-0.1, -0.05) is 141 Å². The molecule has 14 rings (SSSR count). The molecule has 0 atom stereocenters. The molecule has 1 spiro atoms. The summed E-state index contributed by atoms with van der Waals surface area (Å²) < 4.78 is 0. The maximum Gasteiger partial charge on any atom is 0.0979 e. The predicted molar refractivity (Wildman–Crippen MR) is 226 cm³/mol. The molecule has 55 heavy (non-hydrogen) atoms. The van der Waals surface area contributed by atoms with Gasteiger partial charge in [-0.05, 0) is 117 Å². The third-order valence-corrected chi connectivity index (χ3v) is 15.2. The van der Waals surface area contributed by atoms with Gasteiger partial charge in [0.2, 0.25) is 0 Å². The molecule has 4 fully saturated rings. The van der Waals surface area contributed by atoms with Gasteiger partial charge in [0, 0.05) is 32.7 Å². The maximum absolute atomic E-state index is 5.70. The third kappa shape index (κ3) is 3.81. The first-order valence-electron chi connectivity index (χ1n) is 20.6. The predicted octanol–water partition coefficient (Wildman–Crippen LogP) is 13.3. The molecule has 264 valence electrons. The highest BCUT2D eigenvalue weighted by molar-refractivity contribution is 6.23. The van der Waals surface area contributed by atoms with Crippen LogP contribution >= 0.6 is 0 Å². The van der Waals surface area contributed by atoms with Crippen LogP contribution in [0.3, 0.4) is 0 Å². The molecule has 7 aromatic carbocycles. The van der Waals surface area contributed by atoms with Crippen LogP contribution in [-0.2, 0) is 10.8 Å². The van der Waals surface area contributed by atoms with Gasteiger partial charge in [0.15, 0.2) is 0 Å². The number of benzene rings is 7. The lowest BCUT2D eigenvalue weighted by atomic mass is 9.42. The minimum atomic E-state index is -0.0216. The van der Waals surface area contributed by atoms with Crippen molar-refractivity contribution in [3.63, 3.8) is 0 Å². The Morgan fingerprint density at radius 3 is 1.69 bits per heavy atom. The van der Waals surface area contributed by atoms with Crippen molar-refractivity contribution in [1.29, 1.82) is 0 Å². The highest BCUT2D eigenvalue weighted by Crippen LogP contribution is 2.72. The molecule has 0 unspecified atom stereocenters. The lowest BCUT2D eigenvalue weighted by Crippen LogP contribution is -2.55. The molecule has 6 aliphatic carbocycles. The molecule has 4 saturated carbocycles. The van der Waals surface area contributed by atoms with Gasteiger partial charge in [0.25, 0.3) is 0 Å². The van der Waals surface area contributed by atoms with Gasteiger partial charge in [-0.15, -0.1) is 0 Å². The van der Waals surface area contributed by atoms with Gasteiger partial charge in [-0.2, -0.15) is 0 Å². The van der Waals surface area contributed by atoms with Crippen LogP contribution in [0.4, 0.5) is 0 Å². The van der Waals surface area contributed by atoms with E-state index < -0.39 is 0 Å². The Balaban J connectivity index is 1.12. The summed E-state index contributed by atoms with van der Waals surface area (Å²) in [6.45, 7) is 4.90. The van der Waals surface area contributed by atoms with Crippen molar-refractivity contribution in [1.82, 2.24) is 9.97 Å². The van der Waals surface area contributed by atoms with Crippen LogP contribution in [0.2, 0.25) is 0 Å². The first kappa shape index (κ1) is 30.7. The SMILES string of the molecule is CC1(C)c2ccccc2-c2c1ccc1c2C2(c3ccc(-c4nc5c6ccccc6c6ccccc6c5nc4-c4ccccc4)cc3-1)C1CC3CC(C1)CC2C3. The zero-order valence-corrected chi connectivity index (χ0v) is 31.4. The summed E-state index contributed by atoms with van der Waals surface area (Å²) in [5.74, 6) is 3.18. The second-order valence-electron chi connectivity index (χ2n) is 18.1. The number of hydrogen-bond acceptors (Lipinski definition) is 2. The minimum Gasteiger partial charge on any atom is -0.243 e. The zero-order valence-electron chi connectivity index (χ0n) is 31.4. The normalized spacial score (nSPS) is 24.8. The number of hydrogen-bond donors (Lipinski definition) is 0. The molecule has 1 aromatic heterocycles. The number of aromatic nitrogens is 2. The Kier molecular flexibility index (Phi) is 5.90. The van der Waals surface area contributed by atoms with Crippen molar-refractivity contribution < 1.29 is 0 Å². The van der Waals surface area contributed by atoms with Crippen LogP contribution < -0.4 is 0 Å². The molecule has 4 bridgehead atoms. The number of fused-ring (bicyclic) bond motifs is 13. The second kappa shape index (κ2) is 10.6. The van der Waals surface area contributed by atoms with Crippen LogP contribution in [0.5, 0.6) is 0 Å². The summed E-state index contributed by atoms with van der Waals surface area (Å²) in [6, 6.07) is 50.0. The van der Waals surface area contributed by atoms with Gasteiger partial charge in [0.1, 0.15) is 0 Å². The molecule has 2 heteroatoms. The lowest BCUT2D eigenvalue weighted by Gasteiger charge is -2.61. The fourth-order valence-corrected chi connectivity index (χ4v) is 13.3. The van der Waals surface area contributed by atoms with Crippen molar-refractivity contribution in [2.75, 3.05) is 0 Å². The molecule has 0 amide bonds. The van der Waals surface area contributed by atoms with Crippen molar-refractivity contribution in [2.24, 2.45) is 23.7 Å². The lowest BCUT2D eigenvalue weighted by molar-refractivity contribution is -0.0397. The van der Waals surface area contributed by atoms with E-state index in [-0.39, 0.29) is 10.8 Å². The van der Waals surface area contributed by atoms with Crippen LogP contribution in [0, 0.1) is 23.7 Å². The Hall–Kier alpha value is -5.60. The number of rotatable bonds is 2. The summed E-state index contributed by atoms with van der Waals surface area (Å²) in [4.78, 5) is 11.3. The van der Waals surface area contributed by atoms with Gasteiger partial charge >= 0.3 is 0 Å². The van der Waals surface area contributed by atoms with Crippen molar-refractivity contribution in [3.05, 3.63) is 156 Å². The zero-order chi connectivity index (χ0) is 36.2. The maximum atomic E-state index is 5.70. The van der Waals surface area contributed by atoms with E-state index in [9.17, 15) is 0 Å². The van der Waals surface area contributed by atoms with Crippen LogP contribution in [0.25, 0.3) is 77.3 Å². The van der Waals surface area contributed by atoms with E-state index >= 15 is 0 Å². The van der Waals surface area contributed by atoms with E-state index in [0.29, 0.717) is 11.8 Å². The van der Waals surface area contributed by atoms with E-state index in [1.54, 1.807) is 16.7 Å². The summed E-state index contributed by atoms with van der Waals surface area (Å²) >= 11 is 0. The topological polar surface area (TPSA) is 25.8 Å². The molecule has 6 aliphatic rings. The Morgan fingerprint density at radius 1 is 0.455 bits per heavy atom. The highest BCUT2D eigenvalue weighted by Gasteiger charge is 2.63. The Bertz CT molecular complexity index is 2940. The smallest absolute Gasteiger partial charge is 0.0979 e. The molecule has 0 radical (unpaired) electrons. The molecule has 1 heterocycles. The van der Waals surface area contributed by atoms with Gasteiger partial charge in [0.05, 0.1) is 22.4 Å². The average molecular weight is 707 g/mol. The first-order valence-corrected chi connectivity index (χ1v) is 20.6. The molecular formula is C53H42N2. The van der Waals surface area contributed by atoms with E-state index in [1.165, 1.54) is 70.7 Å². The molecule has 2 nitrogen and oxygen atoms in total. The highest BCUT2D eigenvalue weighted by atomic mass is 14.8. The van der Waals surface area contributed by atoms with E-state index in [4.69, 9.17) is 9.97 Å². The van der Waals surface area contributed by atoms with Gasteiger partial charge in [-0.3, -0.25) is 0 Å². The van der Waals surface area contributed by atoms with Crippen LogP contribution in [0.15, 0.2) is 133 Å². The minimum absolute atomic E-state index is 0.0216. The average Bonchev–Trinajstić information content (AvgIpc) is 3.65. The van der Waals surface area contributed by atoms with Crippen LogP contribution in [-0.4, -0.2) is 9.97 Å². The van der Waals surface area contributed by atoms with E-state index in [1.807, 2.05) is 0 Å². The van der Waals surface area contributed by atoms with Gasteiger partial charge < -0.3 is 0 Å². The summed E-state index contributed by atoms with van der Waals surface area (Å²) in [6.07, 6.45) is 6.95. The second-order valence-corrected chi connectivity index (χ2v) is 18.1. The first-order chi connectivity index (χ1) is 27.0. The fourth-order valence-electron chi connectivity index (χ4n) is 13.3. The molecule has 8 aromatic rings. The van der Waals surface area contributed by atoms with Crippen LogP contribution in [0.1, 0.15) is 68.2 Å². The van der Waals surface area contributed by atoms with E-state index in [0.717, 1.165) is 56.2 Å². The van der Waals surface area contributed by atoms with E-state index in [2.05, 4.69) is 147 Å². The summed E-state index contributed by atoms with van der Waals surface area (Å²) in [7, 11) is 0. The van der Waals surface area contributed by atoms with Crippen molar-refractivity contribution >= 4 is 32.6 Å². The summed E-state index contributed by atoms with van der Waals surface area (Å²) in [5, 5.41) is 4.75.